The normalized spacial score (nSPS) is 15.5. The van der Waals surface area contributed by atoms with Crippen molar-refractivity contribution in [2.24, 2.45) is 0 Å². The Hall–Kier alpha value is -3.49. The van der Waals surface area contributed by atoms with Crippen LogP contribution in [0.2, 0.25) is 0 Å². The quantitative estimate of drug-likeness (QED) is 0.533. The van der Waals surface area contributed by atoms with Gasteiger partial charge in [-0.05, 0) is 59.0 Å². The number of amides is 1. The predicted octanol–water partition coefficient (Wildman–Crippen LogP) is 5.03. The van der Waals surface area contributed by atoms with Gasteiger partial charge in [0.05, 0.1) is 11.6 Å². The number of ketones is 1. The molecule has 0 aliphatic carbocycles. The van der Waals surface area contributed by atoms with Crippen molar-refractivity contribution in [3.05, 3.63) is 89.0 Å². The molecule has 0 fully saturated rings. The minimum Gasteiger partial charge on any atom is -0.377 e. The van der Waals surface area contributed by atoms with Crippen molar-refractivity contribution >= 4 is 17.4 Å². The topological polar surface area (TPSA) is 67.4 Å². The summed E-state index contributed by atoms with van der Waals surface area (Å²) in [5.74, 6) is -0.443. The maximum atomic E-state index is 13.1. The molecule has 1 aliphatic rings. The molecule has 8 heteroatoms. The van der Waals surface area contributed by atoms with Crippen LogP contribution in [0.25, 0.3) is 11.1 Å². The number of nitrogens with one attached hydrogen (secondary N) is 2. The first-order valence-electron chi connectivity index (χ1n) is 10.7. The molecular weight excluding hydrogens is 445 g/mol. The third-order valence-corrected chi connectivity index (χ3v) is 5.76. The Morgan fingerprint density at radius 1 is 1.06 bits per heavy atom. The highest BCUT2D eigenvalue weighted by molar-refractivity contribution is 6.08. The van der Waals surface area contributed by atoms with E-state index in [1.165, 1.54) is 19.2 Å². The van der Waals surface area contributed by atoms with E-state index in [-0.39, 0.29) is 18.3 Å². The molecule has 1 heterocycles. The van der Waals surface area contributed by atoms with Crippen LogP contribution in [0, 0.1) is 0 Å². The number of anilines is 1. The first-order valence-corrected chi connectivity index (χ1v) is 10.7. The Balaban J connectivity index is 1.57. The van der Waals surface area contributed by atoms with E-state index in [4.69, 9.17) is 4.74 Å². The van der Waals surface area contributed by atoms with Crippen LogP contribution < -0.4 is 10.6 Å². The number of alkyl halides is 3. The molecule has 0 aromatic heterocycles. The summed E-state index contributed by atoms with van der Waals surface area (Å²) in [6.07, 6.45) is -3.72. The van der Waals surface area contributed by atoms with E-state index >= 15 is 0 Å². The average Bonchev–Trinajstić information content (AvgIpc) is 2.83. The molecule has 2 N–H and O–H groups in total. The molecule has 3 aromatic rings. The molecule has 4 rings (SSSR count). The Kier molecular flexibility index (Phi) is 6.81. The maximum Gasteiger partial charge on any atom is 0.416 e. The lowest BCUT2D eigenvalue weighted by atomic mass is 9.91. The van der Waals surface area contributed by atoms with Gasteiger partial charge in [-0.1, -0.05) is 36.4 Å². The van der Waals surface area contributed by atoms with E-state index in [1.54, 1.807) is 30.3 Å². The van der Waals surface area contributed by atoms with Crippen LogP contribution in [0.15, 0.2) is 66.7 Å². The second kappa shape index (κ2) is 9.79. The summed E-state index contributed by atoms with van der Waals surface area (Å²) in [5, 5.41) is 6.07. The van der Waals surface area contributed by atoms with Gasteiger partial charge in [-0.25, -0.2) is 0 Å². The second-order valence-electron chi connectivity index (χ2n) is 8.02. The number of Topliss-reactive ketones (excluding diaryl/α,β-unsaturated/α-hetero) is 1. The van der Waals surface area contributed by atoms with Gasteiger partial charge < -0.3 is 15.4 Å². The van der Waals surface area contributed by atoms with E-state index < -0.39 is 17.8 Å². The molecule has 1 aliphatic heterocycles. The van der Waals surface area contributed by atoms with Crippen LogP contribution in [0.1, 0.15) is 33.1 Å². The van der Waals surface area contributed by atoms with Gasteiger partial charge in [0.25, 0.3) is 5.91 Å². The van der Waals surface area contributed by atoms with Gasteiger partial charge in [-0.2, -0.15) is 13.2 Å². The summed E-state index contributed by atoms with van der Waals surface area (Å²) in [6, 6.07) is 16.4. The summed E-state index contributed by atoms with van der Waals surface area (Å²) in [7, 11) is 1.47. The van der Waals surface area contributed by atoms with Crippen molar-refractivity contribution in [3.8, 4) is 11.1 Å². The molecular formula is C26H23F3N2O3. The number of hydrogen-bond donors (Lipinski definition) is 2. The summed E-state index contributed by atoms with van der Waals surface area (Å²) in [5.41, 5.74) is 3.03. The molecule has 0 saturated carbocycles. The third-order valence-electron chi connectivity index (χ3n) is 5.76. The molecule has 5 nitrogen and oxygen atoms in total. The molecule has 34 heavy (non-hydrogen) atoms. The Morgan fingerprint density at radius 3 is 2.50 bits per heavy atom. The smallest absolute Gasteiger partial charge is 0.377 e. The number of ether oxygens (including phenoxy) is 1. The fourth-order valence-electron chi connectivity index (χ4n) is 4.13. The lowest BCUT2D eigenvalue weighted by Gasteiger charge is -2.26. The molecule has 0 saturated heterocycles. The van der Waals surface area contributed by atoms with E-state index in [1.807, 2.05) is 12.1 Å². The number of fused-ring (bicyclic) bond motifs is 1. The fraction of sp³-hybridized carbons (Fsp3) is 0.231. The zero-order valence-corrected chi connectivity index (χ0v) is 18.4. The average molecular weight is 468 g/mol. The van der Waals surface area contributed by atoms with Gasteiger partial charge in [0, 0.05) is 24.9 Å². The Morgan fingerprint density at radius 2 is 1.79 bits per heavy atom. The molecule has 3 aromatic carbocycles. The number of methoxy groups -OCH3 is 1. The van der Waals surface area contributed by atoms with Crippen molar-refractivity contribution in [3.63, 3.8) is 0 Å². The van der Waals surface area contributed by atoms with E-state index in [0.717, 1.165) is 23.3 Å². The van der Waals surface area contributed by atoms with Crippen LogP contribution >= 0.6 is 0 Å². The highest BCUT2D eigenvalue weighted by Crippen LogP contribution is 2.32. The van der Waals surface area contributed by atoms with Gasteiger partial charge in [0.15, 0.2) is 5.78 Å². The molecule has 176 valence electrons. The van der Waals surface area contributed by atoms with E-state index in [9.17, 15) is 22.8 Å². The van der Waals surface area contributed by atoms with Crippen molar-refractivity contribution in [1.82, 2.24) is 5.32 Å². The van der Waals surface area contributed by atoms with Gasteiger partial charge >= 0.3 is 6.18 Å². The minimum absolute atomic E-state index is 0.0102. The maximum absolute atomic E-state index is 13.1. The number of halogens is 3. The SMILES string of the molecule is COCC(=O)C1NCCc2cc(NC(=O)c3ccccc3-c3ccc(C(F)(F)F)cc3)ccc21. The highest BCUT2D eigenvalue weighted by atomic mass is 19.4. The van der Waals surface area contributed by atoms with Crippen LogP contribution in [0.3, 0.4) is 0 Å². The molecule has 0 spiro atoms. The molecule has 0 radical (unpaired) electrons. The van der Waals surface area contributed by atoms with Crippen LogP contribution in [0.5, 0.6) is 0 Å². The zero-order valence-electron chi connectivity index (χ0n) is 18.4. The van der Waals surface area contributed by atoms with Crippen molar-refractivity contribution in [2.45, 2.75) is 18.6 Å². The summed E-state index contributed by atoms with van der Waals surface area (Å²) in [6.45, 7) is 0.637. The molecule has 0 bridgehead atoms. The van der Waals surface area contributed by atoms with Gasteiger partial charge in [0.2, 0.25) is 0 Å². The zero-order chi connectivity index (χ0) is 24.3. The minimum atomic E-state index is -4.43. The monoisotopic (exact) mass is 468 g/mol. The highest BCUT2D eigenvalue weighted by Gasteiger charge is 2.30. The third kappa shape index (κ3) is 5.03. The summed E-state index contributed by atoms with van der Waals surface area (Å²) < 4.78 is 43.7. The van der Waals surface area contributed by atoms with Gasteiger partial charge in [0.1, 0.15) is 6.61 Å². The van der Waals surface area contributed by atoms with E-state index in [0.29, 0.717) is 35.3 Å². The van der Waals surface area contributed by atoms with Crippen LogP contribution in [-0.2, 0) is 22.1 Å². The van der Waals surface area contributed by atoms with Crippen molar-refractivity contribution in [1.29, 1.82) is 0 Å². The second-order valence-corrected chi connectivity index (χ2v) is 8.02. The van der Waals surface area contributed by atoms with Gasteiger partial charge in [-0.3, -0.25) is 9.59 Å². The molecule has 1 unspecified atom stereocenters. The number of hydrogen-bond acceptors (Lipinski definition) is 4. The lowest BCUT2D eigenvalue weighted by molar-refractivity contribution is -0.137. The van der Waals surface area contributed by atoms with E-state index in [2.05, 4.69) is 10.6 Å². The largest absolute Gasteiger partial charge is 0.416 e. The number of benzene rings is 3. The Bertz CT molecular complexity index is 1210. The molecule has 1 amide bonds. The van der Waals surface area contributed by atoms with Gasteiger partial charge in [-0.15, -0.1) is 0 Å². The number of carbonyl (C=O) groups excluding carboxylic acids is 2. The van der Waals surface area contributed by atoms with Crippen molar-refractivity contribution < 1.29 is 27.5 Å². The summed E-state index contributed by atoms with van der Waals surface area (Å²) >= 11 is 0. The van der Waals surface area contributed by atoms with Crippen molar-refractivity contribution in [2.75, 3.05) is 25.6 Å². The van der Waals surface area contributed by atoms with Crippen LogP contribution in [-0.4, -0.2) is 32.0 Å². The van der Waals surface area contributed by atoms with Crippen LogP contribution in [0.4, 0.5) is 18.9 Å². The first-order chi connectivity index (χ1) is 16.3. The molecule has 1 atom stereocenters. The predicted molar refractivity (Wildman–Crippen MR) is 123 cm³/mol. The standard InChI is InChI=1S/C26H23F3N2O3/c1-34-15-23(32)24-21-11-10-19(14-17(21)12-13-30-24)31-25(33)22-5-3-2-4-20(22)16-6-8-18(9-7-16)26(27,28)29/h2-11,14,24,30H,12-13,15H2,1H3,(H,31,33). The number of rotatable bonds is 6. The number of carbonyl (C=O) groups is 2. The summed E-state index contributed by atoms with van der Waals surface area (Å²) in [4.78, 5) is 25.4. The lowest BCUT2D eigenvalue weighted by Crippen LogP contribution is -2.36. The first kappa shape index (κ1) is 23.7. The Labute approximate surface area is 194 Å². The fourth-order valence-corrected chi connectivity index (χ4v) is 4.13.